The van der Waals surface area contributed by atoms with E-state index >= 15 is 0 Å². The van der Waals surface area contributed by atoms with Gasteiger partial charge in [0.1, 0.15) is 12.2 Å². The molecule has 0 amide bonds. The van der Waals surface area contributed by atoms with Gasteiger partial charge in [0.05, 0.1) is 12.2 Å². The lowest BCUT2D eigenvalue weighted by atomic mass is 9.45. The van der Waals surface area contributed by atoms with Gasteiger partial charge in [-0.1, -0.05) is 13.8 Å². The molecule has 6 nitrogen and oxygen atoms in total. The Kier molecular flexibility index (Phi) is 4.25. The monoisotopic (exact) mass is 378 g/mol. The van der Waals surface area contributed by atoms with E-state index in [4.69, 9.17) is 0 Å². The van der Waals surface area contributed by atoms with Crippen LogP contribution in [-0.4, -0.2) is 56.4 Å². The fourth-order valence-electron chi connectivity index (χ4n) is 7.33. The summed E-state index contributed by atoms with van der Waals surface area (Å²) >= 11 is 0. The molecular formula is C21H30O6. The fraction of sp³-hybridized carbons (Fsp3) is 0.810. The van der Waals surface area contributed by atoms with Crippen molar-refractivity contribution >= 4 is 11.6 Å². The fourth-order valence-corrected chi connectivity index (χ4v) is 7.33. The number of carbonyl (C=O) groups excluding carboxylic acids is 2. The summed E-state index contributed by atoms with van der Waals surface area (Å²) in [4.78, 5) is 24.3. The van der Waals surface area contributed by atoms with Crippen LogP contribution in [-0.2, 0) is 9.59 Å². The Morgan fingerprint density at radius 1 is 1.26 bits per heavy atom. The van der Waals surface area contributed by atoms with Crippen LogP contribution in [0.1, 0.15) is 52.4 Å². The number of rotatable bonds is 2. The number of aliphatic hydroxyl groups excluding tert-OH is 3. The van der Waals surface area contributed by atoms with Gasteiger partial charge in [-0.25, -0.2) is 0 Å². The zero-order valence-electron chi connectivity index (χ0n) is 16.0. The Labute approximate surface area is 159 Å². The maximum absolute atomic E-state index is 12.4. The van der Waals surface area contributed by atoms with E-state index in [1.807, 2.05) is 13.8 Å². The van der Waals surface area contributed by atoms with E-state index in [2.05, 4.69) is 0 Å². The van der Waals surface area contributed by atoms with Gasteiger partial charge in [0.2, 0.25) is 0 Å². The van der Waals surface area contributed by atoms with Crippen LogP contribution in [0.4, 0.5) is 0 Å². The smallest absolute Gasteiger partial charge is 0.190 e. The summed E-state index contributed by atoms with van der Waals surface area (Å²) < 4.78 is 0. The summed E-state index contributed by atoms with van der Waals surface area (Å²) in [6.45, 7) is 3.18. The molecule has 3 fully saturated rings. The Morgan fingerprint density at radius 2 is 1.96 bits per heavy atom. The van der Waals surface area contributed by atoms with Crippen molar-refractivity contribution in [3.05, 3.63) is 11.6 Å². The first kappa shape index (κ1) is 19.2. The molecular weight excluding hydrogens is 348 g/mol. The van der Waals surface area contributed by atoms with Crippen molar-refractivity contribution in [2.75, 3.05) is 6.61 Å². The quantitative estimate of drug-likeness (QED) is 0.564. The van der Waals surface area contributed by atoms with Crippen molar-refractivity contribution in [1.82, 2.24) is 0 Å². The van der Waals surface area contributed by atoms with E-state index in [0.717, 1.165) is 5.57 Å². The number of carbonyl (C=O) groups is 2. The summed E-state index contributed by atoms with van der Waals surface area (Å²) in [6.07, 6.45) is 2.75. The van der Waals surface area contributed by atoms with E-state index < -0.39 is 41.0 Å². The molecule has 4 rings (SSSR count). The molecule has 0 aromatic heterocycles. The van der Waals surface area contributed by atoms with Crippen molar-refractivity contribution in [1.29, 1.82) is 0 Å². The highest BCUT2D eigenvalue weighted by Crippen LogP contribution is 2.67. The number of fused-ring (bicyclic) bond motifs is 5. The lowest BCUT2D eigenvalue weighted by Gasteiger charge is -2.61. The zero-order valence-corrected chi connectivity index (χ0v) is 16.0. The van der Waals surface area contributed by atoms with Crippen LogP contribution in [0.2, 0.25) is 0 Å². The maximum atomic E-state index is 12.4. The molecule has 0 radical (unpaired) electrons. The predicted octanol–water partition coefficient (Wildman–Crippen LogP) is 0.752. The molecule has 27 heavy (non-hydrogen) atoms. The van der Waals surface area contributed by atoms with E-state index in [1.165, 1.54) is 0 Å². The minimum atomic E-state index is -1.64. The molecule has 0 saturated heterocycles. The predicted molar refractivity (Wildman–Crippen MR) is 96.5 cm³/mol. The average molecular weight is 378 g/mol. The number of Topliss-reactive ketones (excluding diaryl/α,β-unsaturated/α-hetero) is 1. The van der Waals surface area contributed by atoms with Crippen molar-refractivity contribution < 1.29 is 30.0 Å². The molecule has 6 heteroatoms. The minimum Gasteiger partial charge on any atom is -0.393 e. The molecule has 0 bridgehead atoms. The van der Waals surface area contributed by atoms with Crippen molar-refractivity contribution in [2.45, 2.75) is 70.2 Å². The highest BCUT2D eigenvalue weighted by atomic mass is 16.3. The molecule has 3 saturated carbocycles. The largest absolute Gasteiger partial charge is 0.393 e. The van der Waals surface area contributed by atoms with Crippen LogP contribution in [0, 0.1) is 28.6 Å². The molecule has 0 aromatic carbocycles. The second-order valence-electron chi connectivity index (χ2n) is 9.70. The summed E-state index contributed by atoms with van der Waals surface area (Å²) in [7, 11) is 0. The average Bonchev–Trinajstić information content (AvgIpc) is 2.87. The second kappa shape index (κ2) is 5.96. The Balaban J connectivity index is 1.77. The first-order valence-corrected chi connectivity index (χ1v) is 10.1. The molecule has 0 heterocycles. The van der Waals surface area contributed by atoms with E-state index in [-0.39, 0.29) is 36.4 Å². The number of aliphatic hydroxyl groups is 4. The van der Waals surface area contributed by atoms with Gasteiger partial charge in [-0.15, -0.1) is 0 Å². The number of hydrogen-bond acceptors (Lipinski definition) is 6. The highest BCUT2D eigenvalue weighted by Gasteiger charge is 2.68. The van der Waals surface area contributed by atoms with Crippen LogP contribution in [0.25, 0.3) is 0 Å². The molecule has 0 aromatic rings. The van der Waals surface area contributed by atoms with Gasteiger partial charge in [0.15, 0.2) is 11.6 Å². The Bertz CT molecular complexity index is 715. The standard InChI is InChI=1S/C21H30O6/c1-19-5-3-11(23)7-14(19)15(24)8-12-13-4-6-21(27,17(26)10-22)20(13,2)9-16(25)18(12)19/h7,12-13,15-16,18,22,24-25,27H,3-6,8-10H2,1-2H3/t12?,13?,15-,16-,18?,19-,20-,21-/m1/s1. The Hall–Kier alpha value is -1.08. The minimum absolute atomic E-state index is 0.0166. The van der Waals surface area contributed by atoms with E-state index in [0.29, 0.717) is 25.7 Å². The maximum Gasteiger partial charge on any atom is 0.190 e. The molecule has 8 atom stereocenters. The van der Waals surface area contributed by atoms with Crippen LogP contribution in [0.5, 0.6) is 0 Å². The summed E-state index contributed by atoms with van der Waals surface area (Å²) in [5.74, 6) is -0.713. The third-order valence-corrected chi connectivity index (χ3v) is 8.67. The Morgan fingerprint density at radius 3 is 2.63 bits per heavy atom. The van der Waals surface area contributed by atoms with Gasteiger partial charge in [-0.3, -0.25) is 9.59 Å². The summed E-state index contributed by atoms with van der Waals surface area (Å²) in [5.41, 5.74) is -2.17. The van der Waals surface area contributed by atoms with Gasteiger partial charge in [0.25, 0.3) is 0 Å². The van der Waals surface area contributed by atoms with Gasteiger partial charge in [0, 0.05) is 11.8 Å². The lowest BCUT2D eigenvalue weighted by molar-refractivity contribution is -0.187. The summed E-state index contributed by atoms with van der Waals surface area (Å²) in [6, 6.07) is 0. The molecule has 150 valence electrons. The third-order valence-electron chi connectivity index (χ3n) is 8.67. The van der Waals surface area contributed by atoms with E-state index in [1.54, 1.807) is 6.08 Å². The number of ketones is 2. The topological polar surface area (TPSA) is 115 Å². The van der Waals surface area contributed by atoms with Crippen LogP contribution in [0.15, 0.2) is 11.6 Å². The van der Waals surface area contributed by atoms with Crippen molar-refractivity contribution in [3.8, 4) is 0 Å². The first-order valence-electron chi connectivity index (χ1n) is 10.1. The normalized spacial score (nSPS) is 51.9. The lowest BCUT2D eigenvalue weighted by Crippen LogP contribution is -2.63. The molecule has 0 spiro atoms. The van der Waals surface area contributed by atoms with Crippen LogP contribution < -0.4 is 0 Å². The zero-order chi connectivity index (χ0) is 19.8. The molecule has 3 unspecified atom stereocenters. The number of hydrogen-bond donors (Lipinski definition) is 4. The van der Waals surface area contributed by atoms with Crippen LogP contribution >= 0.6 is 0 Å². The first-order chi connectivity index (χ1) is 12.6. The molecule has 0 aliphatic heterocycles. The van der Waals surface area contributed by atoms with Gasteiger partial charge < -0.3 is 20.4 Å². The SMILES string of the molecule is C[C@@]12CCC(=O)C=C1[C@H](O)CC1C2[C@H](O)C[C@]2(C)C1CC[C@@]2(O)C(=O)CO. The summed E-state index contributed by atoms with van der Waals surface area (Å²) in [5, 5.41) is 42.6. The molecule has 4 aliphatic carbocycles. The third kappa shape index (κ3) is 2.33. The van der Waals surface area contributed by atoms with E-state index in [9.17, 15) is 30.0 Å². The highest BCUT2D eigenvalue weighted by molar-refractivity contribution is 5.92. The molecule has 4 N–H and O–H groups in total. The van der Waals surface area contributed by atoms with Crippen molar-refractivity contribution in [3.63, 3.8) is 0 Å². The van der Waals surface area contributed by atoms with Gasteiger partial charge in [-0.2, -0.15) is 0 Å². The van der Waals surface area contributed by atoms with Gasteiger partial charge in [-0.05, 0) is 66.9 Å². The second-order valence-corrected chi connectivity index (χ2v) is 9.70. The van der Waals surface area contributed by atoms with Crippen molar-refractivity contribution in [2.24, 2.45) is 28.6 Å². The van der Waals surface area contributed by atoms with Gasteiger partial charge >= 0.3 is 0 Å². The van der Waals surface area contributed by atoms with Crippen LogP contribution in [0.3, 0.4) is 0 Å². The molecule has 4 aliphatic rings.